The summed E-state index contributed by atoms with van der Waals surface area (Å²) in [5.41, 5.74) is 0. The van der Waals surface area contributed by atoms with Gasteiger partial charge in [0.25, 0.3) is 0 Å². The van der Waals surface area contributed by atoms with Crippen LogP contribution in [0, 0.1) is 23.7 Å². The van der Waals surface area contributed by atoms with Gasteiger partial charge in [-0.1, -0.05) is 396 Å². The maximum atomic E-state index is 13.1. The highest BCUT2D eigenvalue weighted by Crippen LogP contribution is 2.45. The molecule has 0 spiro atoms. The molecule has 0 bridgehead atoms. The van der Waals surface area contributed by atoms with Gasteiger partial charge in [-0.3, -0.25) is 37.3 Å². The third kappa shape index (κ3) is 77.2. The second-order valence-electron chi connectivity index (χ2n) is 32.4. The fourth-order valence-electron chi connectivity index (χ4n) is 13.3. The number of hydrogen-bond acceptors (Lipinski definition) is 15. The average Bonchev–Trinajstić information content (AvgIpc) is 0.912. The third-order valence-corrected chi connectivity index (χ3v) is 22.7. The summed E-state index contributed by atoms with van der Waals surface area (Å²) in [7, 11) is -9.93. The summed E-state index contributed by atoms with van der Waals surface area (Å²) in [4.78, 5) is 73.2. The monoisotopic (exact) mass is 1540 g/mol. The summed E-state index contributed by atoms with van der Waals surface area (Å²) in [6, 6.07) is 0. The van der Waals surface area contributed by atoms with Gasteiger partial charge in [0.05, 0.1) is 26.4 Å². The molecule has 19 heteroatoms. The quantitative estimate of drug-likeness (QED) is 0.0222. The Balaban J connectivity index is 5.23. The van der Waals surface area contributed by atoms with Gasteiger partial charge in [0, 0.05) is 25.7 Å². The fourth-order valence-corrected chi connectivity index (χ4v) is 14.8. The van der Waals surface area contributed by atoms with Crippen molar-refractivity contribution in [2.75, 3.05) is 39.6 Å². The topological polar surface area (TPSA) is 237 Å². The molecule has 17 nitrogen and oxygen atoms in total. The van der Waals surface area contributed by atoms with Gasteiger partial charge < -0.3 is 33.8 Å². The number of esters is 4. The molecule has 0 radical (unpaired) electrons. The maximum absolute atomic E-state index is 13.1. The zero-order chi connectivity index (χ0) is 77.4. The number of phosphoric ester groups is 2. The summed E-state index contributed by atoms with van der Waals surface area (Å²) >= 11 is 0. The number of aliphatic hydroxyl groups is 1. The van der Waals surface area contributed by atoms with Gasteiger partial charge >= 0.3 is 39.5 Å². The van der Waals surface area contributed by atoms with Gasteiger partial charge in [-0.15, -0.1) is 0 Å². The van der Waals surface area contributed by atoms with Crippen molar-refractivity contribution < 1.29 is 80.2 Å². The van der Waals surface area contributed by atoms with E-state index in [0.717, 1.165) is 114 Å². The van der Waals surface area contributed by atoms with E-state index in [2.05, 4.69) is 55.4 Å². The normalized spacial score (nSPS) is 14.4. The number of rotatable bonds is 83. The largest absolute Gasteiger partial charge is 0.472 e. The van der Waals surface area contributed by atoms with Crippen LogP contribution < -0.4 is 0 Å². The summed E-state index contributed by atoms with van der Waals surface area (Å²) in [5.74, 6) is 1.09. The van der Waals surface area contributed by atoms with Gasteiger partial charge in [-0.2, -0.15) is 0 Å². The van der Waals surface area contributed by atoms with Crippen molar-refractivity contribution in [3.05, 3.63) is 0 Å². The highest BCUT2D eigenvalue weighted by Gasteiger charge is 2.31. The van der Waals surface area contributed by atoms with Crippen molar-refractivity contribution >= 4 is 39.5 Å². The van der Waals surface area contributed by atoms with E-state index in [1.165, 1.54) is 244 Å². The molecular formula is C86H168O17P2. The summed E-state index contributed by atoms with van der Waals surface area (Å²) in [6.07, 6.45) is 63.9. The van der Waals surface area contributed by atoms with Gasteiger partial charge in [-0.25, -0.2) is 9.13 Å². The van der Waals surface area contributed by atoms with E-state index >= 15 is 0 Å². The first-order chi connectivity index (χ1) is 50.7. The van der Waals surface area contributed by atoms with E-state index in [1.807, 2.05) is 0 Å². The van der Waals surface area contributed by atoms with Gasteiger partial charge in [0.2, 0.25) is 0 Å². The van der Waals surface area contributed by atoms with E-state index in [0.29, 0.717) is 31.6 Å². The number of hydrogen-bond donors (Lipinski definition) is 3. The number of unbranched alkanes of at least 4 members (excludes halogenated alkanes) is 47. The van der Waals surface area contributed by atoms with Crippen molar-refractivity contribution in [3.8, 4) is 0 Å². The first kappa shape index (κ1) is 103. The molecule has 624 valence electrons. The molecule has 0 aliphatic rings. The molecule has 0 saturated heterocycles. The molecule has 0 rings (SSSR count). The molecule has 3 N–H and O–H groups in total. The second-order valence-corrected chi connectivity index (χ2v) is 35.3. The minimum Gasteiger partial charge on any atom is -0.462 e. The third-order valence-electron chi connectivity index (χ3n) is 20.8. The Morgan fingerprint density at radius 1 is 0.267 bits per heavy atom. The van der Waals surface area contributed by atoms with Crippen molar-refractivity contribution in [1.82, 2.24) is 0 Å². The fraction of sp³-hybridized carbons (Fsp3) is 0.953. The molecule has 105 heavy (non-hydrogen) atoms. The van der Waals surface area contributed by atoms with Gasteiger partial charge in [0.1, 0.15) is 19.3 Å². The highest BCUT2D eigenvalue weighted by molar-refractivity contribution is 7.47. The van der Waals surface area contributed by atoms with Crippen molar-refractivity contribution in [2.45, 2.75) is 465 Å². The lowest BCUT2D eigenvalue weighted by Crippen LogP contribution is -2.30. The predicted octanol–water partition coefficient (Wildman–Crippen LogP) is 25.9. The predicted molar refractivity (Wildman–Crippen MR) is 432 cm³/mol. The molecule has 0 aromatic rings. The lowest BCUT2D eigenvalue weighted by molar-refractivity contribution is -0.161. The smallest absolute Gasteiger partial charge is 0.462 e. The van der Waals surface area contributed by atoms with E-state index in [9.17, 15) is 43.2 Å². The minimum atomic E-state index is -4.97. The lowest BCUT2D eigenvalue weighted by atomic mass is 9.99. The van der Waals surface area contributed by atoms with Crippen LogP contribution in [-0.4, -0.2) is 96.7 Å². The summed E-state index contributed by atoms with van der Waals surface area (Å²) in [6.45, 7) is 14.4. The number of phosphoric acid groups is 2. The van der Waals surface area contributed by atoms with Crippen LogP contribution in [0.15, 0.2) is 0 Å². The molecule has 0 aromatic heterocycles. The number of aliphatic hydroxyl groups excluding tert-OH is 1. The van der Waals surface area contributed by atoms with Crippen molar-refractivity contribution in [3.63, 3.8) is 0 Å². The number of carbonyl (C=O) groups is 4. The SMILES string of the molecule is CCC(C)CCCCCCCCCCCCCCCCCCCCC(=O)O[C@H](COC(=O)CCCCCCCCCCCCCCCCC(C)CC)COP(=O)(O)OCC(O)COP(=O)(O)OC[C@@H](COC(=O)CCCCCCCCCC(C)C)OC(=O)CCCCCCCCCCCCCCC(C)C. The maximum Gasteiger partial charge on any atom is 0.472 e. The van der Waals surface area contributed by atoms with Crippen LogP contribution in [0.5, 0.6) is 0 Å². The van der Waals surface area contributed by atoms with Crippen LogP contribution in [0.3, 0.4) is 0 Å². The van der Waals surface area contributed by atoms with E-state index in [1.54, 1.807) is 0 Å². The highest BCUT2D eigenvalue weighted by atomic mass is 31.2. The minimum absolute atomic E-state index is 0.106. The molecular weight excluding hydrogens is 1370 g/mol. The molecule has 0 heterocycles. The van der Waals surface area contributed by atoms with Gasteiger partial charge in [-0.05, 0) is 49.4 Å². The Hall–Kier alpha value is -1.94. The Morgan fingerprint density at radius 3 is 0.676 bits per heavy atom. The molecule has 5 unspecified atom stereocenters. The van der Waals surface area contributed by atoms with E-state index in [-0.39, 0.29) is 25.7 Å². The molecule has 0 aliphatic carbocycles. The standard InChI is InChI=1S/C86H168O17P2/c1-9-78(7)64-56-48-40-32-26-19-15-13-11-12-14-16-22-29-35-43-52-60-68-85(90)102-81(72-96-83(88)66-58-50-42-34-28-21-18-17-20-27-33-41-49-57-65-79(8)10-2)74-100-104(92,93)98-70-80(87)71-99-105(94,95)101-75-82(73-97-84(89)67-59-51-45-37-39-47-55-63-77(5)6)103-86(91)69-61-53-44-36-30-24-23-25-31-38-46-54-62-76(3)4/h76-82,87H,9-75H2,1-8H3,(H,92,93)(H,94,95)/t78?,79?,80?,81-,82-/m1/s1. The van der Waals surface area contributed by atoms with E-state index < -0.39 is 97.5 Å². The van der Waals surface area contributed by atoms with Crippen LogP contribution in [0.25, 0.3) is 0 Å². The van der Waals surface area contributed by atoms with Crippen LogP contribution in [-0.2, 0) is 65.4 Å². The average molecular weight is 1540 g/mol. The number of carbonyl (C=O) groups excluding carboxylic acids is 4. The first-order valence-corrected chi connectivity index (χ1v) is 47.3. The molecule has 7 atom stereocenters. The second kappa shape index (κ2) is 74.8. The Labute approximate surface area is 645 Å². The number of ether oxygens (including phenoxy) is 4. The van der Waals surface area contributed by atoms with Gasteiger partial charge in [0.15, 0.2) is 12.2 Å². The summed E-state index contributed by atoms with van der Waals surface area (Å²) < 4.78 is 68.9. The molecule has 0 aromatic carbocycles. The first-order valence-electron chi connectivity index (χ1n) is 44.3. The summed E-state index contributed by atoms with van der Waals surface area (Å²) in [5, 5.41) is 10.7. The zero-order valence-corrected chi connectivity index (χ0v) is 71.2. The van der Waals surface area contributed by atoms with Crippen LogP contribution in [0.2, 0.25) is 0 Å². The van der Waals surface area contributed by atoms with Crippen molar-refractivity contribution in [2.24, 2.45) is 23.7 Å². The Bertz CT molecular complexity index is 2050. The molecule has 0 aliphatic heterocycles. The molecule has 0 fully saturated rings. The molecule has 0 saturated carbocycles. The van der Waals surface area contributed by atoms with Crippen molar-refractivity contribution in [1.29, 1.82) is 0 Å². The van der Waals surface area contributed by atoms with E-state index in [4.69, 9.17) is 37.0 Å². The zero-order valence-electron chi connectivity index (χ0n) is 69.4. The lowest BCUT2D eigenvalue weighted by Gasteiger charge is -2.21. The van der Waals surface area contributed by atoms with Crippen LogP contribution >= 0.6 is 15.6 Å². The van der Waals surface area contributed by atoms with Crippen LogP contribution in [0.1, 0.15) is 447 Å². The van der Waals surface area contributed by atoms with Crippen LogP contribution in [0.4, 0.5) is 0 Å². The molecule has 0 amide bonds. The Kier molecular flexibility index (Phi) is 73.4. The Morgan fingerprint density at radius 2 is 0.457 bits per heavy atom.